The van der Waals surface area contributed by atoms with Crippen molar-refractivity contribution >= 4 is 44.6 Å². The fourth-order valence-electron chi connectivity index (χ4n) is 1.95. The minimum absolute atomic E-state index is 0.173. The predicted octanol–water partition coefficient (Wildman–Crippen LogP) is 2.06. The summed E-state index contributed by atoms with van der Waals surface area (Å²) >= 11 is 11.1. The lowest BCUT2D eigenvalue weighted by Gasteiger charge is -2.11. The van der Waals surface area contributed by atoms with Crippen LogP contribution in [0.4, 0.5) is 5.69 Å². The first-order valence-corrected chi connectivity index (χ1v) is 9.77. The van der Waals surface area contributed by atoms with E-state index in [9.17, 15) is 8.42 Å². The molecule has 134 valence electrons. The van der Waals surface area contributed by atoms with Gasteiger partial charge in [-0.15, -0.1) is 0 Å². The average molecular weight is 399 g/mol. The van der Waals surface area contributed by atoms with Crippen LogP contribution in [0.2, 0.25) is 5.02 Å². The molecule has 9 heteroatoms. The molecule has 2 aromatic carbocycles. The number of nitrogens with two attached hydrogens (primary N) is 1. The van der Waals surface area contributed by atoms with Crippen molar-refractivity contribution < 1.29 is 8.42 Å². The van der Waals surface area contributed by atoms with Gasteiger partial charge in [-0.1, -0.05) is 23.7 Å². The molecule has 5 N–H and O–H groups in total. The van der Waals surface area contributed by atoms with Crippen LogP contribution in [-0.4, -0.2) is 26.6 Å². The smallest absolute Gasteiger partial charge is 0.240 e. The number of halogens is 1. The molecule has 0 saturated carbocycles. The van der Waals surface area contributed by atoms with Gasteiger partial charge in [0.25, 0.3) is 0 Å². The van der Waals surface area contributed by atoms with Crippen LogP contribution < -0.4 is 21.1 Å². The van der Waals surface area contributed by atoms with Crippen LogP contribution in [0.25, 0.3) is 0 Å². The van der Waals surface area contributed by atoms with Gasteiger partial charge in [0.15, 0.2) is 5.11 Å². The van der Waals surface area contributed by atoms with Crippen LogP contribution in [-0.2, 0) is 16.6 Å². The minimum atomic E-state index is -3.53. The van der Waals surface area contributed by atoms with Gasteiger partial charge < -0.3 is 16.4 Å². The summed E-state index contributed by atoms with van der Waals surface area (Å²) in [5, 5.41) is 7.19. The molecule has 0 aliphatic carbocycles. The number of thiocarbonyl (C=S) groups is 1. The predicted molar refractivity (Wildman–Crippen MR) is 105 cm³/mol. The van der Waals surface area contributed by atoms with Crippen molar-refractivity contribution in [3.63, 3.8) is 0 Å². The van der Waals surface area contributed by atoms with E-state index in [1.54, 1.807) is 12.1 Å². The molecular weight excluding hydrogens is 380 g/mol. The molecule has 0 bridgehead atoms. The van der Waals surface area contributed by atoms with Crippen molar-refractivity contribution in [2.75, 3.05) is 18.4 Å². The number of sulfonamides is 1. The summed E-state index contributed by atoms with van der Waals surface area (Å²) in [5.41, 5.74) is 7.03. The van der Waals surface area contributed by atoms with Gasteiger partial charge in [-0.25, -0.2) is 13.1 Å². The van der Waals surface area contributed by atoms with E-state index in [2.05, 4.69) is 15.4 Å². The maximum atomic E-state index is 12.0. The molecule has 0 radical (unpaired) electrons. The zero-order valence-electron chi connectivity index (χ0n) is 13.3. The molecule has 0 heterocycles. The molecule has 0 saturated heterocycles. The molecule has 0 atom stereocenters. The van der Waals surface area contributed by atoms with E-state index in [0.717, 1.165) is 5.56 Å². The Morgan fingerprint density at radius 1 is 1.08 bits per heavy atom. The van der Waals surface area contributed by atoms with E-state index in [0.29, 0.717) is 22.4 Å². The Morgan fingerprint density at radius 2 is 1.72 bits per heavy atom. The highest BCUT2D eigenvalue weighted by molar-refractivity contribution is 7.89. The van der Waals surface area contributed by atoms with Crippen molar-refractivity contribution in [1.29, 1.82) is 0 Å². The number of nitrogens with one attached hydrogen (secondary N) is 3. The van der Waals surface area contributed by atoms with E-state index < -0.39 is 10.0 Å². The second-order valence-electron chi connectivity index (χ2n) is 5.14. The molecule has 0 aliphatic rings. The zero-order valence-corrected chi connectivity index (χ0v) is 15.7. The zero-order chi connectivity index (χ0) is 18.3. The summed E-state index contributed by atoms with van der Waals surface area (Å²) < 4.78 is 26.4. The van der Waals surface area contributed by atoms with Gasteiger partial charge in [0.1, 0.15) is 0 Å². The number of benzene rings is 2. The quantitative estimate of drug-likeness (QED) is 0.533. The second kappa shape index (κ2) is 9.12. The van der Waals surface area contributed by atoms with Crippen molar-refractivity contribution in [3.8, 4) is 0 Å². The minimum Gasteiger partial charge on any atom is -0.358 e. The number of hydrogen-bond acceptors (Lipinski definition) is 4. The Labute approximate surface area is 157 Å². The highest BCUT2D eigenvalue weighted by Gasteiger charge is 2.12. The Kier molecular flexibility index (Phi) is 7.15. The lowest BCUT2D eigenvalue weighted by atomic mass is 10.2. The lowest BCUT2D eigenvalue weighted by Crippen LogP contribution is -2.29. The van der Waals surface area contributed by atoms with E-state index in [1.807, 2.05) is 24.3 Å². The van der Waals surface area contributed by atoms with Crippen LogP contribution in [0.5, 0.6) is 0 Å². The van der Waals surface area contributed by atoms with Crippen molar-refractivity contribution in [3.05, 3.63) is 59.1 Å². The molecule has 6 nitrogen and oxygen atoms in total. The molecule has 0 spiro atoms. The van der Waals surface area contributed by atoms with Gasteiger partial charge >= 0.3 is 0 Å². The normalized spacial score (nSPS) is 11.1. The summed E-state index contributed by atoms with van der Waals surface area (Å²) in [6.45, 7) is 0.992. The average Bonchev–Trinajstić information content (AvgIpc) is 2.60. The maximum Gasteiger partial charge on any atom is 0.240 e. The molecule has 2 rings (SSSR count). The Hall–Kier alpha value is -1.71. The lowest BCUT2D eigenvalue weighted by molar-refractivity contribution is 0.582. The molecule has 2 aromatic rings. The molecular formula is C16H19ClN4O2S2. The number of hydrogen-bond donors (Lipinski definition) is 4. The summed E-state index contributed by atoms with van der Waals surface area (Å²) in [4.78, 5) is 0.173. The first-order chi connectivity index (χ1) is 11.9. The van der Waals surface area contributed by atoms with Gasteiger partial charge in [-0.2, -0.15) is 0 Å². The number of rotatable bonds is 7. The van der Waals surface area contributed by atoms with Crippen molar-refractivity contribution in [2.24, 2.45) is 5.73 Å². The first kappa shape index (κ1) is 19.6. The highest BCUT2D eigenvalue weighted by atomic mass is 35.5. The molecule has 0 aromatic heterocycles. The van der Waals surface area contributed by atoms with Gasteiger partial charge in [-0.3, -0.25) is 0 Å². The van der Waals surface area contributed by atoms with Crippen LogP contribution in [0.15, 0.2) is 53.4 Å². The SMILES string of the molecule is NCCNS(=O)(=O)c1ccc(NC(=S)NCc2ccc(Cl)cc2)cc1. The fraction of sp³-hybridized carbons (Fsp3) is 0.188. The van der Waals surface area contributed by atoms with E-state index >= 15 is 0 Å². The summed E-state index contributed by atoms with van der Waals surface area (Å²) in [6, 6.07) is 13.7. The third kappa shape index (κ3) is 6.26. The van der Waals surface area contributed by atoms with E-state index in [-0.39, 0.29) is 18.0 Å². The highest BCUT2D eigenvalue weighted by Crippen LogP contribution is 2.14. The maximum absolute atomic E-state index is 12.0. The topological polar surface area (TPSA) is 96.2 Å². The molecule has 0 unspecified atom stereocenters. The van der Waals surface area contributed by atoms with Gasteiger partial charge in [-0.05, 0) is 54.2 Å². The summed E-state index contributed by atoms with van der Waals surface area (Å²) in [6.07, 6.45) is 0. The summed E-state index contributed by atoms with van der Waals surface area (Å²) in [7, 11) is -3.53. The van der Waals surface area contributed by atoms with Gasteiger partial charge in [0.05, 0.1) is 4.90 Å². The largest absolute Gasteiger partial charge is 0.358 e. The van der Waals surface area contributed by atoms with Gasteiger partial charge in [0, 0.05) is 30.3 Å². The van der Waals surface area contributed by atoms with E-state index in [1.165, 1.54) is 12.1 Å². The van der Waals surface area contributed by atoms with Crippen molar-refractivity contribution in [2.45, 2.75) is 11.4 Å². The monoisotopic (exact) mass is 398 g/mol. The second-order valence-corrected chi connectivity index (χ2v) is 7.76. The van der Waals surface area contributed by atoms with E-state index in [4.69, 9.17) is 29.6 Å². The fourth-order valence-corrected chi connectivity index (χ4v) is 3.32. The van der Waals surface area contributed by atoms with Crippen LogP contribution >= 0.6 is 23.8 Å². The first-order valence-electron chi connectivity index (χ1n) is 7.50. The third-order valence-corrected chi connectivity index (χ3v) is 5.20. The molecule has 25 heavy (non-hydrogen) atoms. The summed E-state index contributed by atoms with van der Waals surface area (Å²) in [5.74, 6) is 0. The molecule has 0 fully saturated rings. The standard InChI is InChI=1S/C16H19ClN4O2S2/c17-13-3-1-12(2-4-13)11-19-16(24)21-14-5-7-15(8-6-14)25(22,23)20-10-9-18/h1-8,20H,9-11,18H2,(H2,19,21,24). The third-order valence-electron chi connectivity index (χ3n) is 3.23. The van der Waals surface area contributed by atoms with Gasteiger partial charge in [0.2, 0.25) is 10.0 Å². The Bertz CT molecular complexity index is 809. The number of anilines is 1. The van der Waals surface area contributed by atoms with Crippen LogP contribution in [0, 0.1) is 0 Å². The Morgan fingerprint density at radius 3 is 2.32 bits per heavy atom. The molecule has 0 aliphatic heterocycles. The Balaban J connectivity index is 1.89. The van der Waals surface area contributed by atoms with Crippen LogP contribution in [0.3, 0.4) is 0 Å². The molecule has 0 amide bonds. The van der Waals surface area contributed by atoms with Crippen LogP contribution in [0.1, 0.15) is 5.56 Å². The van der Waals surface area contributed by atoms with Crippen molar-refractivity contribution in [1.82, 2.24) is 10.0 Å².